The third-order valence-corrected chi connectivity index (χ3v) is 3.61. The molecule has 0 spiro atoms. The molecule has 1 aromatic carbocycles. The predicted octanol–water partition coefficient (Wildman–Crippen LogP) is 2.11. The average molecular weight is 255 g/mol. The normalized spacial score (nSPS) is 21.0. The fourth-order valence-corrected chi connectivity index (χ4v) is 2.54. The second kappa shape index (κ2) is 4.88. The first kappa shape index (κ1) is 12.0. The number of amidine groups is 1. The highest BCUT2D eigenvalue weighted by Gasteiger charge is 2.25. The van der Waals surface area contributed by atoms with Gasteiger partial charge in [0.15, 0.2) is 0 Å². The first-order valence-corrected chi connectivity index (χ1v) is 6.60. The standard InChI is InChI=1S/C15H17N3O/c1-16-15(19)12-7-5-11(6-8-12)13-10-18-9-3-2-4-14(18)17-13/h3,5-9,13H,2,4,10H2,1H3,(H,16,19). The molecule has 4 heteroatoms. The summed E-state index contributed by atoms with van der Waals surface area (Å²) in [5.41, 5.74) is 1.86. The lowest BCUT2D eigenvalue weighted by Crippen LogP contribution is -2.24. The third kappa shape index (κ3) is 2.26. The maximum Gasteiger partial charge on any atom is 0.251 e. The highest BCUT2D eigenvalue weighted by molar-refractivity contribution is 5.94. The number of hydrogen-bond donors (Lipinski definition) is 1. The Morgan fingerprint density at radius 2 is 2.16 bits per heavy atom. The van der Waals surface area contributed by atoms with E-state index in [4.69, 9.17) is 4.99 Å². The molecule has 2 aliphatic heterocycles. The quantitative estimate of drug-likeness (QED) is 0.879. The monoisotopic (exact) mass is 255 g/mol. The van der Waals surface area contributed by atoms with Crippen LogP contribution in [0.3, 0.4) is 0 Å². The summed E-state index contributed by atoms with van der Waals surface area (Å²) in [6.07, 6.45) is 6.43. The van der Waals surface area contributed by atoms with Gasteiger partial charge in [0.1, 0.15) is 5.84 Å². The van der Waals surface area contributed by atoms with Crippen LogP contribution < -0.4 is 5.32 Å². The van der Waals surface area contributed by atoms with E-state index in [0.717, 1.165) is 19.4 Å². The number of nitrogens with zero attached hydrogens (tertiary/aromatic N) is 2. The maximum atomic E-state index is 11.5. The molecular formula is C15H17N3O. The number of carbonyl (C=O) groups excluding carboxylic acids is 1. The van der Waals surface area contributed by atoms with E-state index < -0.39 is 0 Å². The van der Waals surface area contributed by atoms with E-state index in [1.54, 1.807) is 7.05 Å². The van der Waals surface area contributed by atoms with Crippen molar-refractivity contribution >= 4 is 11.7 Å². The number of allylic oxidation sites excluding steroid dienone is 1. The van der Waals surface area contributed by atoms with E-state index in [1.807, 2.05) is 24.3 Å². The van der Waals surface area contributed by atoms with Crippen molar-refractivity contribution in [2.24, 2.45) is 4.99 Å². The molecular weight excluding hydrogens is 238 g/mol. The SMILES string of the molecule is CNC(=O)c1ccc(C2CN3C=CCCC3=N2)cc1. The summed E-state index contributed by atoms with van der Waals surface area (Å²) in [7, 11) is 1.64. The fourth-order valence-electron chi connectivity index (χ4n) is 2.54. The molecule has 0 saturated carbocycles. The van der Waals surface area contributed by atoms with Gasteiger partial charge in [-0.1, -0.05) is 18.2 Å². The van der Waals surface area contributed by atoms with Crippen LogP contribution in [0, 0.1) is 0 Å². The van der Waals surface area contributed by atoms with Gasteiger partial charge in [-0.3, -0.25) is 9.79 Å². The predicted molar refractivity (Wildman–Crippen MR) is 75.1 cm³/mol. The molecule has 1 unspecified atom stereocenters. The van der Waals surface area contributed by atoms with Crippen LogP contribution in [-0.4, -0.2) is 30.2 Å². The summed E-state index contributed by atoms with van der Waals surface area (Å²) < 4.78 is 0. The highest BCUT2D eigenvalue weighted by atomic mass is 16.1. The molecule has 1 aromatic rings. The smallest absolute Gasteiger partial charge is 0.251 e. The Morgan fingerprint density at radius 1 is 1.37 bits per heavy atom. The average Bonchev–Trinajstić information content (AvgIpc) is 2.90. The molecule has 3 rings (SSSR count). The zero-order valence-electron chi connectivity index (χ0n) is 11.0. The van der Waals surface area contributed by atoms with Gasteiger partial charge in [-0.25, -0.2) is 0 Å². The summed E-state index contributed by atoms with van der Waals surface area (Å²) in [5.74, 6) is 1.13. The second-order valence-electron chi connectivity index (χ2n) is 4.84. The number of fused-ring (bicyclic) bond motifs is 1. The van der Waals surface area contributed by atoms with E-state index in [1.165, 1.54) is 11.4 Å². The van der Waals surface area contributed by atoms with Crippen molar-refractivity contribution in [3.8, 4) is 0 Å². The molecule has 1 N–H and O–H groups in total. The first-order valence-electron chi connectivity index (χ1n) is 6.60. The largest absolute Gasteiger partial charge is 0.355 e. The summed E-state index contributed by atoms with van der Waals surface area (Å²) in [4.78, 5) is 18.5. The Balaban J connectivity index is 1.79. The number of nitrogens with one attached hydrogen (secondary N) is 1. The molecule has 1 atom stereocenters. The first-order chi connectivity index (χ1) is 9.28. The van der Waals surface area contributed by atoms with E-state index in [0.29, 0.717) is 5.56 Å². The number of carbonyl (C=O) groups is 1. The second-order valence-corrected chi connectivity index (χ2v) is 4.84. The van der Waals surface area contributed by atoms with Gasteiger partial charge >= 0.3 is 0 Å². The van der Waals surface area contributed by atoms with Crippen molar-refractivity contribution in [2.75, 3.05) is 13.6 Å². The van der Waals surface area contributed by atoms with Crippen LogP contribution in [0.5, 0.6) is 0 Å². The topological polar surface area (TPSA) is 44.7 Å². The lowest BCUT2D eigenvalue weighted by Gasteiger charge is -2.19. The highest BCUT2D eigenvalue weighted by Crippen LogP contribution is 2.28. The van der Waals surface area contributed by atoms with Crippen molar-refractivity contribution in [3.63, 3.8) is 0 Å². The van der Waals surface area contributed by atoms with E-state index in [-0.39, 0.29) is 11.9 Å². The van der Waals surface area contributed by atoms with Crippen molar-refractivity contribution in [1.82, 2.24) is 10.2 Å². The van der Waals surface area contributed by atoms with Crippen molar-refractivity contribution in [2.45, 2.75) is 18.9 Å². The van der Waals surface area contributed by atoms with Gasteiger partial charge in [0.25, 0.3) is 5.91 Å². The van der Waals surface area contributed by atoms with Gasteiger partial charge in [0.05, 0.1) is 12.6 Å². The van der Waals surface area contributed by atoms with Crippen molar-refractivity contribution in [3.05, 3.63) is 47.7 Å². The molecule has 0 saturated heterocycles. The molecule has 0 aliphatic carbocycles. The molecule has 2 aliphatic rings. The lowest BCUT2D eigenvalue weighted by atomic mass is 10.1. The molecule has 98 valence electrons. The van der Waals surface area contributed by atoms with Crippen molar-refractivity contribution < 1.29 is 4.79 Å². The van der Waals surface area contributed by atoms with Crippen LogP contribution in [0.15, 0.2) is 41.5 Å². The molecule has 19 heavy (non-hydrogen) atoms. The van der Waals surface area contributed by atoms with E-state index in [9.17, 15) is 4.79 Å². The third-order valence-electron chi connectivity index (χ3n) is 3.61. The number of benzene rings is 1. The van der Waals surface area contributed by atoms with Gasteiger partial charge in [0.2, 0.25) is 0 Å². The number of amides is 1. The molecule has 0 radical (unpaired) electrons. The van der Waals surface area contributed by atoms with Gasteiger partial charge in [-0.2, -0.15) is 0 Å². The molecule has 0 bridgehead atoms. The zero-order valence-corrected chi connectivity index (χ0v) is 11.0. The van der Waals surface area contributed by atoms with Gasteiger partial charge in [0, 0.05) is 25.2 Å². The minimum atomic E-state index is -0.0513. The van der Waals surface area contributed by atoms with Crippen LogP contribution in [0.2, 0.25) is 0 Å². The number of aliphatic imine (C=N–C) groups is 1. The zero-order chi connectivity index (χ0) is 13.2. The van der Waals surface area contributed by atoms with Crippen LogP contribution >= 0.6 is 0 Å². The van der Waals surface area contributed by atoms with Crippen LogP contribution in [-0.2, 0) is 0 Å². The van der Waals surface area contributed by atoms with Gasteiger partial charge in [-0.05, 0) is 24.1 Å². The molecule has 1 amide bonds. The number of rotatable bonds is 2. The van der Waals surface area contributed by atoms with Gasteiger partial charge < -0.3 is 10.2 Å². The van der Waals surface area contributed by atoms with Gasteiger partial charge in [-0.15, -0.1) is 0 Å². The van der Waals surface area contributed by atoms with E-state index >= 15 is 0 Å². The molecule has 4 nitrogen and oxygen atoms in total. The lowest BCUT2D eigenvalue weighted by molar-refractivity contribution is 0.0963. The summed E-state index contributed by atoms with van der Waals surface area (Å²) in [6, 6.07) is 7.92. The minimum Gasteiger partial charge on any atom is -0.355 e. The summed E-state index contributed by atoms with van der Waals surface area (Å²) in [6.45, 7) is 0.908. The van der Waals surface area contributed by atoms with Crippen LogP contribution in [0.1, 0.15) is 34.8 Å². The Bertz CT molecular complexity index is 545. The van der Waals surface area contributed by atoms with Crippen LogP contribution in [0.25, 0.3) is 0 Å². The molecule has 2 heterocycles. The summed E-state index contributed by atoms with van der Waals surface area (Å²) in [5, 5.41) is 2.63. The Kier molecular flexibility index (Phi) is 3.07. The molecule has 0 aromatic heterocycles. The number of hydrogen-bond acceptors (Lipinski definition) is 3. The summed E-state index contributed by atoms with van der Waals surface area (Å²) >= 11 is 0. The van der Waals surface area contributed by atoms with E-state index in [2.05, 4.69) is 22.5 Å². The van der Waals surface area contributed by atoms with Crippen molar-refractivity contribution in [1.29, 1.82) is 0 Å². The molecule has 0 fully saturated rings. The maximum absolute atomic E-state index is 11.5. The van der Waals surface area contributed by atoms with Crippen LogP contribution in [0.4, 0.5) is 0 Å². The Morgan fingerprint density at radius 3 is 2.84 bits per heavy atom. The fraction of sp³-hybridized carbons (Fsp3) is 0.333. The Labute approximate surface area is 112 Å². The minimum absolute atomic E-state index is 0.0513. The Hall–Kier alpha value is -2.10.